The predicted molar refractivity (Wildman–Crippen MR) is 140 cm³/mol. The highest BCUT2D eigenvalue weighted by Gasteiger charge is 2.42. The van der Waals surface area contributed by atoms with Crippen molar-refractivity contribution in [2.24, 2.45) is 0 Å². The first kappa shape index (κ1) is 24.2. The van der Waals surface area contributed by atoms with Gasteiger partial charge in [-0.3, -0.25) is 24.2 Å². The molecule has 2 aromatic carbocycles. The number of thioether (sulfide) groups is 1. The molecule has 0 radical (unpaired) electrons. The van der Waals surface area contributed by atoms with Gasteiger partial charge in [0, 0.05) is 18.7 Å². The number of amides is 3. The van der Waals surface area contributed by atoms with Crippen molar-refractivity contribution in [3.05, 3.63) is 70.6 Å². The molecule has 34 heavy (non-hydrogen) atoms. The van der Waals surface area contributed by atoms with E-state index in [2.05, 4.69) is 12.2 Å². The highest BCUT2D eigenvalue weighted by atomic mass is 32.2. The summed E-state index contributed by atoms with van der Waals surface area (Å²) in [6.07, 6.45) is 4.14. The summed E-state index contributed by atoms with van der Waals surface area (Å²) >= 11 is 6.65. The van der Waals surface area contributed by atoms with E-state index in [0.29, 0.717) is 39.1 Å². The van der Waals surface area contributed by atoms with Crippen LogP contribution in [0, 0.1) is 0 Å². The van der Waals surface area contributed by atoms with Crippen LogP contribution in [0.4, 0.5) is 5.69 Å². The van der Waals surface area contributed by atoms with Gasteiger partial charge in [-0.15, -0.1) is 0 Å². The predicted octanol–water partition coefficient (Wildman–Crippen LogP) is 4.50. The Bertz CT molecular complexity index is 1150. The van der Waals surface area contributed by atoms with Crippen LogP contribution in [0.2, 0.25) is 0 Å². The van der Waals surface area contributed by atoms with Gasteiger partial charge in [-0.1, -0.05) is 98.7 Å². The molecule has 1 saturated heterocycles. The highest BCUT2D eigenvalue weighted by Crippen LogP contribution is 2.44. The van der Waals surface area contributed by atoms with Gasteiger partial charge in [0.25, 0.3) is 11.8 Å². The number of rotatable bonds is 9. The van der Waals surface area contributed by atoms with Crippen LogP contribution in [0.3, 0.4) is 0 Å². The third-order valence-corrected chi connectivity index (χ3v) is 7.32. The maximum absolute atomic E-state index is 13.5. The number of nitrogens with one attached hydrogen (secondary N) is 1. The van der Waals surface area contributed by atoms with Gasteiger partial charge >= 0.3 is 0 Å². The van der Waals surface area contributed by atoms with E-state index < -0.39 is 0 Å². The third-order valence-electron chi connectivity index (χ3n) is 5.87. The van der Waals surface area contributed by atoms with Gasteiger partial charge < -0.3 is 5.32 Å². The summed E-state index contributed by atoms with van der Waals surface area (Å²) in [5.74, 6) is -0.834. The van der Waals surface area contributed by atoms with E-state index in [1.807, 2.05) is 48.5 Å². The molecule has 6 nitrogen and oxygen atoms in total. The molecule has 0 aliphatic carbocycles. The number of carbonyl (C=O) groups is 3. The summed E-state index contributed by atoms with van der Waals surface area (Å²) < 4.78 is 0.480. The van der Waals surface area contributed by atoms with Crippen LogP contribution in [0.1, 0.15) is 43.7 Å². The van der Waals surface area contributed by atoms with E-state index in [4.69, 9.17) is 12.2 Å². The monoisotopic (exact) mass is 493 g/mol. The van der Waals surface area contributed by atoms with Crippen molar-refractivity contribution in [1.82, 2.24) is 10.2 Å². The van der Waals surface area contributed by atoms with Gasteiger partial charge in [0.1, 0.15) is 10.9 Å². The molecule has 8 heteroatoms. The molecule has 0 saturated carbocycles. The molecule has 1 N–H and O–H groups in total. The number of unbranched alkanes of at least 4 members (excludes halogenated alkanes) is 3. The Balaban J connectivity index is 1.53. The molecular weight excluding hydrogens is 466 g/mol. The molecule has 2 heterocycles. The van der Waals surface area contributed by atoms with Gasteiger partial charge in [0.15, 0.2) is 0 Å². The number of anilines is 1. The van der Waals surface area contributed by atoms with Crippen molar-refractivity contribution in [3.8, 4) is 0 Å². The Morgan fingerprint density at radius 1 is 0.941 bits per heavy atom. The van der Waals surface area contributed by atoms with Gasteiger partial charge in [0.05, 0.1) is 16.2 Å². The smallest absolute Gasteiger partial charge is 0.267 e. The number of fused-ring (bicyclic) bond motifs is 1. The summed E-state index contributed by atoms with van der Waals surface area (Å²) in [5.41, 5.74) is 2.60. The van der Waals surface area contributed by atoms with E-state index in [1.54, 1.807) is 11.0 Å². The van der Waals surface area contributed by atoms with Crippen molar-refractivity contribution in [2.45, 2.75) is 39.2 Å². The Hall–Kier alpha value is -2.97. The molecule has 2 aromatic rings. The molecule has 0 atom stereocenters. The Kier molecular flexibility index (Phi) is 7.80. The van der Waals surface area contributed by atoms with E-state index in [-0.39, 0.29) is 24.3 Å². The lowest BCUT2D eigenvalue weighted by Crippen LogP contribution is -2.38. The zero-order valence-corrected chi connectivity index (χ0v) is 20.7. The fourth-order valence-corrected chi connectivity index (χ4v) is 5.47. The first-order valence-corrected chi connectivity index (χ1v) is 12.7. The minimum Gasteiger partial charge on any atom is -0.350 e. The second-order valence-corrected chi connectivity index (χ2v) is 9.90. The topological polar surface area (TPSA) is 69.7 Å². The lowest BCUT2D eigenvalue weighted by molar-refractivity contribution is -0.122. The highest BCUT2D eigenvalue weighted by molar-refractivity contribution is 8.26. The van der Waals surface area contributed by atoms with Crippen molar-refractivity contribution >= 4 is 57.3 Å². The normalized spacial score (nSPS) is 17.5. The Morgan fingerprint density at radius 3 is 2.44 bits per heavy atom. The molecule has 0 aromatic heterocycles. The molecular formula is C26H27N3O3S2. The molecule has 2 aliphatic rings. The van der Waals surface area contributed by atoms with Crippen LogP contribution in [-0.4, -0.2) is 40.0 Å². The van der Waals surface area contributed by atoms with Gasteiger partial charge in [0.2, 0.25) is 5.91 Å². The Labute approximate surface area is 209 Å². The lowest BCUT2D eigenvalue weighted by atomic mass is 10.1. The number of hydrogen-bond acceptors (Lipinski definition) is 5. The fourth-order valence-electron chi connectivity index (χ4n) is 4.09. The molecule has 2 aliphatic heterocycles. The van der Waals surface area contributed by atoms with Crippen LogP contribution >= 0.6 is 24.0 Å². The van der Waals surface area contributed by atoms with Crippen LogP contribution in [-0.2, 0) is 20.9 Å². The fraction of sp³-hybridized carbons (Fsp3) is 0.308. The summed E-state index contributed by atoms with van der Waals surface area (Å²) in [6, 6.07) is 16.9. The second kappa shape index (κ2) is 11.0. The van der Waals surface area contributed by atoms with Crippen LogP contribution in [0.5, 0.6) is 0 Å². The standard InChI is InChI=1S/C26H27N3O3S2/c1-2-3-4-10-15-28-25(32)23(34-26(28)33)22-19-13-8-9-14-20(19)29(24(22)31)17-21(30)27-16-18-11-6-5-7-12-18/h5-9,11-14H,2-4,10,15-17H2,1H3,(H,27,30)/b23-22-. The molecule has 3 amide bonds. The van der Waals surface area contributed by atoms with E-state index in [9.17, 15) is 14.4 Å². The molecule has 4 rings (SSSR count). The second-order valence-electron chi connectivity index (χ2n) is 8.26. The quantitative estimate of drug-likeness (QED) is 0.316. The number of para-hydroxylation sites is 1. The largest absolute Gasteiger partial charge is 0.350 e. The summed E-state index contributed by atoms with van der Waals surface area (Å²) in [4.78, 5) is 42.8. The number of nitrogens with zero attached hydrogens (tertiary/aromatic N) is 2. The van der Waals surface area contributed by atoms with Crippen LogP contribution in [0.15, 0.2) is 59.5 Å². The van der Waals surface area contributed by atoms with E-state index in [1.165, 1.54) is 16.7 Å². The summed E-state index contributed by atoms with van der Waals surface area (Å²) in [5, 5.41) is 2.87. The SMILES string of the molecule is CCCCCCN1C(=O)/C(=C2/C(=O)N(CC(=O)NCc3ccccc3)c3ccccc32)SC1=S. The molecule has 0 spiro atoms. The number of thiocarbonyl (C=S) groups is 1. The molecule has 0 bridgehead atoms. The number of benzene rings is 2. The maximum Gasteiger partial charge on any atom is 0.267 e. The Morgan fingerprint density at radius 2 is 1.68 bits per heavy atom. The number of hydrogen-bond donors (Lipinski definition) is 1. The average molecular weight is 494 g/mol. The van der Waals surface area contributed by atoms with E-state index in [0.717, 1.165) is 31.2 Å². The van der Waals surface area contributed by atoms with Crippen LogP contribution < -0.4 is 10.2 Å². The van der Waals surface area contributed by atoms with Crippen molar-refractivity contribution in [1.29, 1.82) is 0 Å². The van der Waals surface area contributed by atoms with Crippen molar-refractivity contribution in [2.75, 3.05) is 18.0 Å². The van der Waals surface area contributed by atoms with Crippen LogP contribution in [0.25, 0.3) is 5.57 Å². The first-order chi connectivity index (χ1) is 16.5. The zero-order chi connectivity index (χ0) is 24.1. The minimum atomic E-state index is -0.345. The minimum absolute atomic E-state index is 0.122. The van der Waals surface area contributed by atoms with Gasteiger partial charge in [-0.2, -0.15) is 0 Å². The molecule has 0 unspecified atom stereocenters. The average Bonchev–Trinajstić information content (AvgIpc) is 3.28. The van der Waals surface area contributed by atoms with E-state index >= 15 is 0 Å². The summed E-state index contributed by atoms with van der Waals surface area (Å²) in [7, 11) is 0. The van der Waals surface area contributed by atoms with Crippen molar-refractivity contribution < 1.29 is 14.4 Å². The number of carbonyl (C=O) groups excluding carboxylic acids is 3. The maximum atomic E-state index is 13.5. The van der Waals surface area contributed by atoms with Crippen molar-refractivity contribution in [3.63, 3.8) is 0 Å². The zero-order valence-electron chi connectivity index (χ0n) is 19.1. The van der Waals surface area contributed by atoms with Gasteiger partial charge in [-0.25, -0.2) is 0 Å². The molecule has 176 valence electrons. The third kappa shape index (κ3) is 5.08. The summed E-state index contributed by atoms with van der Waals surface area (Å²) in [6.45, 7) is 2.96. The molecule has 1 fully saturated rings. The van der Waals surface area contributed by atoms with Gasteiger partial charge in [-0.05, 0) is 18.1 Å². The lowest BCUT2D eigenvalue weighted by Gasteiger charge is -2.17. The first-order valence-electron chi connectivity index (χ1n) is 11.5.